The van der Waals surface area contributed by atoms with Crippen molar-refractivity contribution in [3.63, 3.8) is 0 Å². The maximum Gasteiger partial charge on any atom is 0.351 e. The summed E-state index contributed by atoms with van der Waals surface area (Å²) in [5.74, 6) is -1.52. The van der Waals surface area contributed by atoms with Crippen LogP contribution >= 0.6 is 0 Å². The standard InChI is InChI=1S/C20H14N2O5/c1-12(18(23)22-15-8-6-13(11-21)7-9-15)26-19(24)16-10-14-4-2-3-5-17(14)27-20(16)25/h2-10,12H,1H3,(H,22,23)/t12-/m1/s1. The van der Waals surface area contributed by atoms with E-state index < -0.39 is 23.6 Å². The second kappa shape index (κ2) is 7.54. The summed E-state index contributed by atoms with van der Waals surface area (Å²) in [7, 11) is 0. The van der Waals surface area contributed by atoms with Gasteiger partial charge in [0, 0.05) is 11.1 Å². The number of hydrogen-bond donors (Lipinski definition) is 1. The van der Waals surface area contributed by atoms with Gasteiger partial charge < -0.3 is 14.5 Å². The Kier molecular flexibility index (Phi) is 4.99. The van der Waals surface area contributed by atoms with E-state index in [-0.39, 0.29) is 5.56 Å². The van der Waals surface area contributed by atoms with Crippen LogP contribution in [0.2, 0.25) is 0 Å². The SMILES string of the molecule is C[C@@H](OC(=O)c1cc2ccccc2oc1=O)C(=O)Nc1ccc(C#N)cc1. The van der Waals surface area contributed by atoms with Crippen LogP contribution < -0.4 is 10.9 Å². The van der Waals surface area contributed by atoms with Crippen LogP contribution in [-0.2, 0) is 9.53 Å². The predicted molar refractivity (Wildman–Crippen MR) is 97.1 cm³/mol. The molecule has 0 aliphatic heterocycles. The van der Waals surface area contributed by atoms with Crippen molar-refractivity contribution in [2.75, 3.05) is 5.32 Å². The molecule has 2 aromatic carbocycles. The highest BCUT2D eigenvalue weighted by Gasteiger charge is 2.22. The van der Waals surface area contributed by atoms with Crippen molar-refractivity contribution >= 4 is 28.5 Å². The van der Waals surface area contributed by atoms with Crippen molar-refractivity contribution < 1.29 is 18.7 Å². The lowest BCUT2D eigenvalue weighted by Gasteiger charge is -2.13. The number of nitrogens with zero attached hydrogens (tertiary/aromatic N) is 1. The predicted octanol–water partition coefficient (Wildman–Crippen LogP) is 2.85. The molecule has 1 heterocycles. The topological polar surface area (TPSA) is 109 Å². The van der Waals surface area contributed by atoms with Crippen molar-refractivity contribution in [1.82, 2.24) is 0 Å². The summed E-state index contributed by atoms with van der Waals surface area (Å²) in [4.78, 5) is 36.4. The van der Waals surface area contributed by atoms with Crippen molar-refractivity contribution in [3.8, 4) is 6.07 Å². The Labute approximate surface area is 153 Å². The zero-order valence-electron chi connectivity index (χ0n) is 14.3. The molecule has 3 aromatic rings. The number of rotatable bonds is 4. The van der Waals surface area contributed by atoms with Gasteiger partial charge in [0.15, 0.2) is 6.10 Å². The summed E-state index contributed by atoms with van der Waals surface area (Å²) in [6, 6.07) is 16.3. The Hall–Kier alpha value is -3.92. The third kappa shape index (κ3) is 4.02. The van der Waals surface area contributed by atoms with Crippen LogP contribution in [0.4, 0.5) is 5.69 Å². The number of hydrogen-bond acceptors (Lipinski definition) is 6. The molecule has 0 saturated heterocycles. The normalized spacial score (nSPS) is 11.4. The molecule has 0 unspecified atom stereocenters. The molecule has 7 heteroatoms. The minimum absolute atomic E-state index is 0.285. The molecule has 3 rings (SSSR count). The second-order valence-electron chi connectivity index (χ2n) is 5.71. The Bertz CT molecular complexity index is 1110. The average Bonchev–Trinajstić information content (AvgIpc) is 2.67. The average molecular weight is 362 g/mol. The highest BCUT2D eigenvalue weighted by molar-refractivity contribution is 5.98. The van der Waals surface area contributed by atoms with E-state index in [9.17, 15) is 14.4 Å². The number of nitriles is 1. The maximum absolute atomic E-state index is 12.3. The number of esters is 1. The van der Waals surface area contributed by atoms with Gasteiger partial charge in [0.05, 0.1) is 11.6 Å². The summed E-state index contributed by atoms with van der Waals surface area (Å²) >= 11 is 0. The third-order valence-electron chi connectivity index (χ3n) is 3.80. The van der Waals surface area contributed by atoms with Crippen LogP contribution in [-0.4, -0.2) is 18.0 Å². The number of fused-ring (bicyclic) bond motifs is 1. The summed E-state index contributed by atoms with van der Waals surface area (Å²) in [6.07, 6.45) is -1.14. The van der Waals surface area contributed by atoms with E-state index in [1.165, 1.54) is 13.0 Å². The molecule has 0 aliphatic rings. The molecule has 27 heavy (non-hydrogen) atoms. The van der Waals surface area contributed by atoms with Crippen LogP contribution in [0.15, 0.2) is 63.8 Å². The van der Waals surface area contributed by atoms with E-state index in [2.05, 4.69) is 5.32 Å². The number of anilines is 1. The first kappa shape index (κ1) is 17.9. The molecule has 7 nitrogen and oxygen atoms in total. The molecule has 0 fully saturated rings. The number of para-hydroxylation sites is 1. The second-order valence-corrected chi connectivity index (χ2v) is 5.71. The molecular weight excluding hydrogens is 348 g/mol. The smallest absolute Gasteiger partial charge is 0.351 e. The molecule has 0 spiro atoms. The summed E-state index contributed by atoms with van der Waals surface area (Å²) in [5.41, 5.74) is 0.137. The number of benzene rings is 2. The van der Waals surface area contributed by atoms with Crippen LogP contribution in [0, 0.1) is 11.3 Å². The monoisotopic (exact) mass is 362 g/mol. The van der Waals surface area contributed by atoms with Crippen LogP contribution in [0.5, 0.6) is 0 Å². The van der Waals surface area contributed by atoms with Crippen LogP contribution in [0.25, 0.3) is 11.0 Å². The Morgan fingerprint density at radius 1 is 1.15 bits per heavy atom. The zero-order chi connectivity index (χ0) is 19.4. The maximum atomic E-state index is 12.3. The summed E-state index contributed by atoms with van der Waals surface area (Å²) in [5, 5.41) is 11.9. The highest BCUT2D eigenvalue weighted by atomic mass is 16.5. The molecule has 1 amide bonds. The lowest BCUT2D eigenvalue weighted by Crippen LogP contribution is -2.31. The van der Waals surface area contributed by atoms with E-state index in [1.807, 2.05) is 6.07 Å². The van der Waals surface area contributed by atoms with Crippen molar-refractivity contribution in [2.45, 2.75) is 13.0 Å². The first-order chi connectivity index (χ1) is 13.0. The van der Waals surface area contributed by atoms with Gasteiger partial charge in [-0.15, -0.1) is 0 Å². The van der Waals surface area contributed by atoms with Crippen LogP contribution in [0.3, 0.4) is 0 Å². The highest BCUT2D eigenvalue weighted by Crippen LogP contribution is 2.14. The van der Waals surface area contributed by atoms with Gasteiger partial charge in [0.25, 0.3) is 5.91 Å². The number of nitrogens with one attached hydrogen (secondary N) is 1. The Morgan fingerprint density at radius 3 is 2.56 bits per heavy atom. The number of carbonyl (C=O) groups is 2. The fourth-order valence-corrected chi connectivity index (χ4v) is 2.35. The molecule has 1 atom stereocenters. The van der Waals surface area contributed by atoms with Gasteiger partial charge in [0.1, 0.15) is 11.1 Å². The van der Waals surface area contributed by atoms with Gasteiger partial charge in [-0.05, 0) is 43.3 Å². The first-order valence-electron chi connectivity index (χ1n) is 8.03. The molecule has 0 saturated carbocycles. The van der Waals surface area contributed by atoms with Crippen LogP contribution in [0.1, 0.15) is 22.8 Å². The summed E-state index contributed by atoms with van der Waals surface area (Å²) in [6.45, 7) is 1.39. The van der Waals surface area contributed by atoms with Crippen molar-refractivity contribution in [3.05, 3.63) is 76.1 Å². The Balaban J connectivity index is 1.71. The lowest BCUT2D eigenvalue weighted by atomic mass is 10.2. The van der Waals surface area contributed by atoms with Gasteiger partial charge >= 0.3 is 11.6 Å². The largest absolute Gasteiger partial charge is 0.449 e. The van der Waals surface area contributed by atoms with E-state index in [1.54, 1.807) is 48.5 Å². The van der Waals surface area contributed by atoms with E-state index >= 15 is 0 Å². The molecule has 0 bridgehead atoms. The minimum Gasteiger partial charge on any atom is -0.449 e. The van der Waals surface area contributed by atoms with Crippen molar-refractivity contribution in [2.24, 2.45) is 0 Å². The van der Waals surface area contributed by atoms with Gasteiger partial charge in [-0.2, -0.15) is 5.26 Å². The molecular formula is C20H14N2O5. The summed E-state index contributed by atoms with van der Waals surface area (Å²) < 4.78 is 10.2. The quantitative estimate of drug-likeness (QED) is 0.564. The van der Waals surface area contributed by atoms with Gasteiger partial charge in [0.2, 0.25) is 0 Å². The first-order valence-corrected chi connectivity index (χ1v) is 8.03. The van der Waals surface area contributed by atoms with Gasteiger partial charge in [-0.25, -0.2) is 9.59 Å². The van der Waals surface area contributed by atoms with E-state index in [4.69, 9.17) is 14.4 Å². The molecule has 0 radical (unpaired) electrons. The number of ether oxygens (including phenoxy) is 1. The molecule has 1 N–H and O–H groups in total. The zero-order valence-corrected chi connectivity index (χ0v) is 14.3. The minimum atomic E-state index is -1.14. The lowest BCUT2D eigenvalue weighted by molar-refractivity contribution is -0.123. The van der Waals surface area contributed by atoms with E-state index in [0.717, 1.165) is 0 Å². The van der Waals surface area contributed by atoms with Gasteiger partial charge in [-0.3, -0.25) is 4.79 Å². The fraction of sp³-hybridized carbons (Fsp3) is 0.100. The number of amides is 1. The van der Waals surface area contributed by atoms with Gasteiger partial charge in [-0.1, -0.05) is 18.2 Å². The van der Waals surface area contributed by atoms with Crippen molar-refractivity contribution in [1.29, 1.82) is 5.26 Å². The Morgan fingerprint density at radius 2 is 1.85 bits per heavy atom. The molecule has 1 aromatic heterocycles. The fourth-order valence-electron chi connectivity index (χ4n) is 2.35. The number of carbonyl (C=O) groups excluding carboxylic acids is 2. The third-order valence-corrected chi connectivity index (χ3v) is 3.80. The van der Waals surface area contributed by atoms with E-state index in [0.29, 0.717) is 22.2 Å². The molecule has 134 valence electrons. The molecule has 0 aliphatic carbocycles.